The number of rotatable bonds is 2. The Bertz CT molecular complexity index is 911. The van der Waals surface area contributed by atoms with Crippen LogP contribution < -0.4 is 11.1 Å². The topological polar surface area (TPSA) is 118 Å². The number of amides is 1. The number of carbonyl (C=O) groups is 1. The summed E-state index contributed by atoms with van der Waals surface area (Å²) in [6.07, 6.45) is 1.40. The van der Waals surface area contributed by atoms with Gasteiger partial charge in [-0.15, -0.1) is 0 Å². The third-order valence-corrected chi connectivity index (χ3v) is 3.08. The van der Waals surface area contributed by atoms with Crippen LogP contribution in [0.3, 0.4) is 0 Å². The largest absolute Gasteiger partial charge is 0.447 e. The van der Waals surface area contributed by atoms with E-state index in [4.69, 9.17) is 27.0 Å². The molecule has 0 unspecified atom stereocenters. The Morgan fingerprint density at radius 3 is 2.86 bits per heavy atom. The predicted molar refractivity (Wildman–Crippen MR) is 80.3 cm³/mol. The standard InChI is InChI=1S/C14H8ClN5O2/c15-7-1-4-10(18-6-7)20-14(21)13-11(17)12-9(22-13)3-2-8(5-16)19-12/h1-4,6H,17H2,(H,18,20,21). The highest BCUT2D eigenvalue weighted by molar-refractivity contribution is 6.30. The molecule has 7 nitrogen and oxygen atoms in total. The SMILES string of the molecule is N#Cc1ccc2oc(C(=O)Nc3ccc(Cl)cn3)c(N)c2n1. The van der Waals surface area contributed by atoms with E-state index >= 15 is 0 Å². The summed E-state index contributed by atoms with van der Waals surface area (Å²) in [5.74, 6) is -0.349. The molecule has 0 aliphatic carbocycles. The fourth-order valence-electron chi connectivity index (χ4n) is 1.85. The maximum absolute atomic E-state index is 12.2. The molecule has 3 aromatic rings. The number of nitriles is 1. The smallest absolute Gasteiger partial charge is 0.294 e. The molecule has 0 atom stereocenters. The van der Waals surface area contributed by atoms with Gasteiger partial charge in [0.25, 0.3) is 5.91 Å². The monoisotopic (exact) mass is 313 g/mol. The van der Waals surface area contributed by atoms with Gasteiger partial charge in [0.2, 0.25) is 5.76 Å². The number of nitrogens with two attached hydrogens (primary N) is 1. The van der Waals surface area contributed by atoms with E-state index in [1.807, 2.05) is 6.07 Å². The van der Waals surface area contributed by atoms with Gasteiger partial charge in [-0.05, 0) is 24.3 Å². The van der Waals surface area contributed by atoms with Gasteiger partial charge >= 0.3 is 0 Å². The summed E-state index contributed by atoms with van der Waals surface area (Å²) in [6.45, 7) is 0. The van der Waals surface area contributed by atoms with Crippen LogP contribution in [0.4, 0.5) is 11.5 Å². The van der Waals surface area contributed by atoms with Gasteiger partial charge in [-0.25, -0.2) is 9.97 Å². The number of carbonyl (C=O) groups excluding carboxylic acids is 1. The zero-order valence-corrected chi connectivity index (χ0v) is 11.8. The van der Waals surface area contributed by atoms with Crippen LogP contribution in [-0.2, 0) is 0 Å². The molecule has 22 heavy (non-hydrogen) atoms. The number of hydrogen-bond acceptors (Lipinski definition) is 6. The molecule has 3 N–H and O–H groups in total. The summed E-state index contributed by atoms with van der Waals surface area (Å²) >= 11 is 5.72. The average molecular weight is 314 g/mol. The maximum Gasteiger partial charge on any atom is 0.294 e. The summed E-state index contributed by atoms with van der Waals surface area (Å²) in [5, 5.41) is 11.8. The highest BCUT2D eigenvalue weighted by Gasteiger charge is 2.20. The molecule has 0 bridgehead atoms. The first-order valence-corrected chi connectivity index (χ1v) is 6.48. The zero-order chi connectivity index (χ0) is 15.7. The lowest BCUT2D eigenvalue weighted by Crippen LogP contribution is -2.13. The molecule has 0 saturated heterocycles. The van der Waals surface area contributed by atoms with E-state index in [2.05, 4.69) is 15.3 Å². The highest BCUT2D eigenvalue weighted by atomic mass is 35.5. The van der Waals surface area contributed by atoms with Crippen molar-refractivity contribution in [1.82, 2.24) is 9.97 Å². The second kappa shape index (κ2) is 5.35. The lowest BCUT2D eigenvalue weighted by atomic mass is 10.3. The van der Waals surface area contributed by atoms with E-state index in [0.29, 0.717) is 16.4 Å². The molecular weight excluding hydrogens is 306 g/mol. The van der Waals surface area contributed by atoms with Gasteiger partial charge in [0.1, 0.15) is 28.8 Å². The van der Waals surface area contributed by atoms with Crippen molar-refractivity contribution in [2.45, 2.75) is 0 Å². The van der Waals surface area contributed by atoms with Gasteiger partial charge in [0.15, 0.2) is 5.58 Å². The molecule has 0 aliphatic rings. The highest BCUT2D eigenvalue weighted by Crippen LogP contribution is 2.27. The number of furan rings is 1. The summed E-state index contributed by atoms with van der Waals surface area (Å²) in [7, 11) is 0. The second-order valence-corrected chi connectivity index (χ2v) is 4.75. The molecule has 3 aromatic heterocycles. The maximum atomic E-state index is 12.2. The van der Waals surface area contributed by atoms with Crippen molar-refractivity contribution in [3.8, 4) is 6.07 Å². The van der Waals surface area contributed by atoms with Gasteiger partial charge in [0.05, 0.1) is 5.02 Å². The lowest BCUT2D eigenvalue weighted by molar-refractivity contribution is 0.0999. The van der Waals surface area contributed by atoms with Crippen molar-refractivity contribution < 1.29 is 9.21 Å². The first-order chi connectivity index (χ1) is 10.6. The Morgan fingerprint density at radius 2 is 2.18 bits per heavy atom. The predicted octanol–water partition coefficient (Wildman–Crippen LogP) is 2.58. The molecule has 0 aromatic carbocycles. The van der Waals surface area contributed by atoms with Crippen molar-refractivity contribution in [2.75, 3.05) is 11.1 Å². The van der Waals surface area contributed by atoms with Crippen LogP contribution in [-0.4, -0.2) is 15.9 Å². The normalized spacial score (nSPS) is 10.4. The Morgan fingerprint density at radius 1 is 1.36 bits per heavy atom. The number of halogens is 1. The van der Waals surface area contributed by atoms with Crippen LogP contribution in [0.1, 0.15) is 16.2 Å². The van der Waals surface area contributed by atoms with E-state index in [-0.39, 0.29) is 22.7 Å². The van der Waals surface area contributed by atoms with Crippen LogP contribution in [0.25, 0.3) is 11.1 Å². The molecule has 0 saturated carbocycles. The first kappa shape index (κ1) is 13.9. The van der Waals surface area contributed by atoms with Crippen molar-refractivity contribution >= 4 is 40.1 Å². The number of fused-ring (bicyclic) bond motifs is 1. The zero-order valence-electron chi connectivity index (χ0n) is 11.0. The fraction of sp³-hybridized carbons (Fsp3) is 0. The first-order valence-electron chi connectivity index (χ1n) is 6.10. The minimum Gasteiger partial charge on any atom is -0.447 e. The molecule has 0 aliphatic heterocycles. The number of nitrogens with zero attached hydrogens (tertiary/aromatic N) is 3. The molecule has 0 spiro atoms. The number of anilines is 2. The average Bonchev–Trinajstić information content (AvgIpc) is 2.86. The Balaban J connectivity index is 1.95. The molecule has 1 amide bonds. The van der Waals surface area contributed by atoms with E-state index in [1.165, 1.54) is 18.3 Å². The van der Waals surface area contributed by atoms with Gasteiger partial charge in [-0.2, -0.15) is 5.26 Å². The minimum absolute atomic E-state index is 0.0681. The van der Waals surface area contributed by atoms with E-state index < -0.39 is 5.91 Å². The molecule has 3 rings (SSSR count). The number of nitrogens with one attached hydrogen (secondary N) is 1. The van der Waals surface area contributed by atoms with Gasteiger partial charge in [-0.3, -0.25) is 4.79 Å². The van der Waals surface area contributed by atoms with Crippen molar-refractivity contribution in [1.29, 1.82) is 5.26 Å². The number of aromatic nitrogens is 2. The van der Waals surface area contributed by atoms with Crippen LogP contribution in [0.5, 0.6) is 0 Å². The van der Waals surface area contributed by atoms with Crippen molar-refractivity contribution in [2.24, 2.45) is 0 Å². The van der Waals surface area contributed by atoms with E-state index in [0.717, 1.165) is 0 Å². The van der Waals surface area contributed by atoms with Crippen LogP contribution >= 0.6 is 11.6 Å². The van der Waals surface area contributed by atoms with Crippen molar-refractivity contribution in [3.05, 3.63) is 46.9 Å². The summed E-state index contributed by atoms with van der Waals surface area (Å²) in [4.78, 5) is 20.2. The molecule has 3 heterocycles. The van der Waals surface area contributed by atoms with Crippen LogP contribution in [0.15, 0.2) is 34.9 Å². The van der Waals surface area contributed by atoms with Gasteiger partial charge in [-0.1, -0.05) is 11.6 Å². The molecule has 0 radical (unpaired) electrons. The van der Waals surface area contributed by atoms with Gasteiger partial charge < -0.3 is 15.5 Å². The Labute approximate surface area is 129 Å². The van der Waals surface area contributed by atoms with Crippen molar-refractivity contribution in [3.63, 3.8) is 0 Å². The van der Waals surface area contributed by atoms with E-state index in [1.54, 1.807) is 12.1 Å². The lowest BCUT2D eigenvalue weighted by Gasteiger charge is -2.02. The number of hydrogen-bond donors (Lipinski definition) is 2. The fourth-order valence-corrected chi connectivity index (χ4v) is 1.96. The molecule has 8 heteroatoms. The summed E-state index contributed by atoms with van der Waals surface area (Å²) in [6, 6.07) is 8.05. The molecular formula is C14H8ClN5O2. The molecule has 0 fully saturated rings. The van der Waals surface area contributed by atoms with E-state index in [9.17, 15) is 4.79 Å². The summed E-state index contributed by atoms with van der Waals surface area (Å²) in [5.41, 5.74) is 6.72. The third-order valence-electron chi connectivity index (χ3n) is 2.86. The quantitative estimate of drug-likeness (QED) is 0.750. The number of nitrogen functional groups attached to an aromatic ring is 1. The molecule has 108 valence electrons. The summed E-state index contributed by atoms with van der Waals surface area (Å²) < 4.78 is 5.39. The van der Waals surface area contributed by atoms with Crippen LogP contribution in [0, 0.1) is 11.3 Å². The Kier molecular flexibility index (Phi) is 3.37. The third kappa shape index (κ3) is 2.43. The Hall–Kier alpha value is -3.11. The van der Waals surface area contributed by atoms with Gasteiger partial charge in [0, 0.05) is 6.20 Å². The second-order valence-electron chi connectivity index (χ2n) is 4.32. The minimum atomic E-state index is -0.566. The number of pyridine rings is 2. The van der Waals surface area contributed by atoms with Crippen LogP contribution in [0.2, 0.25) is 5.02 Å².